The van der Waals surface area contributed by atoms with Crippen LogP contribution in [0.1, 0.15) is 182 Å². The van der Waals surface area contributed by atoms with E-state index in [9.17, 15) is 0 Å². The van der Waals surface area contributed by atoms with E-state index < -0.39 is 0 Å². The SMILES string of the molecule is CCC/C(=C\B1OC(C)(C)C(C)(C)O1)c1cccc(CCCCCC(C)(C)C)c1.CCC/C(=C\I)c1cccc(CCCCCC(C)(C)C)c1. The first-order chi connectivity index (χ1) is 23.4. The Hall–Kier alpha value is -1.37. The number of aryl methyl sites for hydroxylation is 2. The highest BCUT2D eigenvalue weighted by atomic mass is 127. The fraction of sp³-hybridized carbons (Fsp3) is 0.652. The zero-order chi connectivity index (χ0) is 37.4. The van der Waals surface area contributed by atoms with Crippen molar-refractivity contribution < 1.29 is 9.31 Å². The highest BCUT2D eigenvalue weighted by molar-refractivity contribution is 14.1. The summed E-state index contributed by atoms with van der Waals surface area (Å²) in [4.78, 5) is 0. The summed E-state index contributed by atoms with van der Waals surface area (Å²) in [5, 5.41) is 0. The lowest BCUT2D eigenvalue weighted by atomic mass is 9.83. The maximum Gasteiger partial charge on any atom is 0.487 e. The van der Waals surface area contributed by atoms with E-state index in [1.807, 2.05) is 0 Å². The van der Waals surface area contributed by atoms with Crippen LogP contribution in [0.2, 0.25) is 0 Å². The van der Waals surface area contributed by atoms with Gasteiger partial charge in [0.25, 0.3) is 0 Å². The molecule has 2 aromatic carbocycles. The van der Waals surface area contributed by atoms with Crippen LogP contribution in [0, 0.1) is 10.8 Å². The molecule has 0 aliphatic carbocycles. The van der Waals surface area contributed by atoms with Crippen LogP contribution in [0.3, 0.4) is 0 Å². The monoisotopic (exact) mass is 796 g/mol. The fourth-order valence-electron chi connectivity index (χ4n) is 6.42. The van der Waals surface area contributed by atoms with Gasteiger partial charge in [0, 0.05) is 0 Å². The van der Waals surface area contributed by atoms with Crippen LogP contribution >= 0.6 is 22.6 Å². The summed E-state index contributed by atoms with van der Waals surface area (Å²) < 4.78 is 14.7. The topological polar surface area (TPSA) is 18.5 Å². The van der Waals surface area contributed by atoms with Crippen molar-refractivity contribution in [3.8, 4) is 0 Å². The molecule has 1 heterocycles. The normalized spacial score (nSPS) is 16.4. The number of halogens is 1. The van der Waals surface area contributed by atoms with E-state index in [0.717, 1.165) is 19.3 Å². The number of rotatable bonds is 17. The van der Waals surface area contributed by atoms with E-state index in [1.165, 1.54) is 104 Å². The number of unbranched alkanes of at least 4 members (excludes halogenated alkanes) is 4. The van der Waals surface area contributed by atoms with Gasteiger partial charge >= 0.3 is 7.12 Å². The molecule has 1 aliphatic heterocycles. The molecule has 0 aromatic heterocycles. The van der Waals surface area contributed by atoms with Crippen LogP contribution in [0.15, 0.2) is 58.6 Å². The van der Waals surface area contributed by atoms with Gasteiger partial charge in [0.1, 0.15) is 0 Å². The van der Waals surface area contributed by atoms with Crippen molar-refractivity contribution in [1.82, 2.24) is 0 Å². The molecule has 1 aliphatic rings. The second-order valence-electron chi connectivity index (χ2n) is 18.1. The van der Waals surface area contributed by atoms with Crippen molar-refractivity contribution in [3.63, 3.8) is 0 Å². The average Bonchev–Trinajstić information content (AvgIpc) is 3.23. The van der Waals surface area contributed by atoms with Gasteiger partial charge in [-0.25, -0.2) is 0 Å². The molecule has 3 rings (SSSR count). The van der Waals surface area contributed by atoms with E-state index in [2.05, 4.69) is 164 Å². The van der Waals surface area contributed by atoms with Gasteiger partial charge in [0.15, 0.2) is 0 Å². The summed E-state index contributed by atoms with van der Waals surface area (Å²) in [5.41, 5.74) is 8.83. The largest absolute Gasteiger partial charge is 0.487 e. The maximum atomic E-state index is 6.21. The molecule has 0 N–H and O–H groups in total. The quantitative estimate of drug-likeness (QED) is 0.0902. The molecule has 2 nitrogen and oxygen atoms in total. The van der Waals surface area contributed by atoms with Gasteiger partial charge < -0.3 is 9.31 Å². The fourth-order valence-corrected chi connectivity index (χ4v) is 7.09. The highest BCUT2D eigenvalue weighted by Crippen LogP contribution is 2.38. The van der Waals surface area contributed by atoms with Gasteiger partial charge in [-0.05, 0) is 127 Å². The molecule has 1 fully saturated rings. The number of hydrogen-bond acceptors (Lipinski definition) is 2. The van der Waals surface area contributed by atoms with Crippen molar-refractivity contribution in [1.29, 1.82) is 0 Å². The van der Waals surface area contributed by atoms with Gasteiger partial charge in [0.2, 0.25) is 0 Å². The highest BCUT2D eigenvalue weighted by Gasteiger charge is 2.50. The second kappa shape index (κ2) is 21.4. The number of benzene rings is 2. The molecular weight excluding hydrogens is 722 g/mol. The summed E-state index contributed by atoms with van der Waals surface area (Å²) in [6.45, 7) is 26.9. The summed E-state index contributed by atoms with van der Waals surface area (Å²) in [7, 11) is -0.275. The van der Waals surface area contributed by atoms with Crippen LogP contribution < -0.4 is 0 Å². The van der Waals surface area contributed by atoms with E-state index >= 15 is 0 Å². The van der Waals surface area contributed by atoms with E-state index in [-0.39, 0.29) is 18.3 Å². The number of allylic oxidation sites excluding steroid dienone is 2. The molecule has 4 heteroatoms. The molecule has 280 valence electrons. The third-order valence-corrected chi connectivity index (χ3v) is 10.9. The van der Waals surface area contributed by atoms with Crippen molar-refractivity contribution in [2.75, 3.05) is 0 Å². The van der Waals surface area contributed by atoms with Gasteiger partial charge in [-0.1, -0.05) is 171 Å². The first-order valence-electron chi connectivity index (χ1n) is 19.9. The predicted octanol–water partition coefficient (Wildman–Crippen LogP) is 15.1. The minimum absolute atomic E-state index is 0.275. The molecule has 0 spiro atoms. The van der Waals surface area contributed by atoms with Crippen molar-refractivity contribution in [2.45, 2.75) is 184 Å². The molecular formula is C46H74BIO2. The van der Waals surface area contributed by atoms with Crippen LogP contribution in [-0.4, -0.2) is 18.3 Å². The third kappa shape index (κ3) is 17.0. The predicted molar refractivity (Wildman–Crippen MR) is 232 cm³/mol. The van der Waals surface area contributed by atoms with E-state index in [1.54, 1.807) is 0 Å². The summed E-state index contributed by atoms with van der Waals surface area (Å²) in [5.74, 6) is 2.20. The summed E-state index contributed by atoms with van der Waals surface area (Å²) >= 11 is 2.37. The average molecular weight is 797 g/mol. The van der Waals surface area contributed by atoms with Crippen LogP contribution in [-0.2, 0) is 22.2 Å². The third-order valence-electron chi connectivity index (χ3n) is 10.2. The molecule has 0 amide bonds. The molecule has 0 unspecified atom stereocenters. The molecule has 0 atom stereocenters. The lowest BCUT2D eigenvalue weighted by molar-refractivity contribution is 0.00578. The lowest BCUT2D eigenvalue weighted by Gasteiger charge is -2.32. The zero-order valence-corrected chi connectivity index (χ0v) is 36.6. The second-order valence-corrected chi connectivity index (χ2v) is 18.7. The first kappa shape index (κ1) is 44.8. The molecule has 2 aromatic rings. The number of hydrogen-bond donors (Lipinski definition) is 0. The Balaban J connectivity index is 0.000000366. The molecule has 0 saturated carbocycles. The van der Waals surface area contributed by atoms with Crippen molar-refractivity contribution in [3.05, 3.63) is 80.8 Å². The Morgan fingerprint density at radius 3 is 1.46 bits per heavy atom. The van der Waals surface area contributed by atoms with Crippen LogP contribution in [0.5, 0.6) is 0 Å². The molecule has 1 saturated heterocycles. The van der Waals surface area contributed by atoms with Crippen LogP contribution in [0.25, 0.3) is 11.1 Å². The Morgan fingerprint density at radius 2 is 1.06 bits per heavy atom. The van der Waals surface area contributed by atoms with Gasteiger partial charge in [-0.3, -0.25) is 0 Å². The van der Waals surface area contributed by atoms with Crippen molar-refractivity contribution >= 4 is 40.9 Å². The van der Waals surface area contributed by atoms with E-state index in [0.29, 0.717) is 10.8 Å². The minimum Gasteiger partial charge on any atom is -0.400 e. The Kier molecular flexibility index (Phi) is 19.1. The summed E-state index contributed by atoms with van der Waals surface area (Å²) in [6.07, 6.45) is 17.5. The van der Waals surface area contributed by atoms with Gasteiger partial charge in [0.05, 0.1) is 11.2 Å². The van der Waals surface area contributed by atoms with Crippen molar-refractivity contribution in [2.24, 2.45) is 10.8 Å². The zero-order valence-electron chi connectivity index (χ0n) is 34.4. The van der Waals surface area contributed by atoms with Gasteiger partial charge in [-0.15, -0.1) is 0 Å². The van der Waals surface area contributed by atoms with E-state index in [4.69, 9.17) is 9.31 Å². The minimum atomic E-state index is -0.291. The first-order valence-corrected chi connectivity index (χ1v) is 21.2. The Labute approximate surface area is 324 Å². The Morgan fingerprint density at radius 1 is 0.640 bits per heavy atom. The van der Waals surface area contributed by atoms with Crippen LogP contribution in [0.4, 0.5) is 0 Å². The Bertz CT molecular complexity index is 1310. The lowest BCUT2D eigenvalue weighted by Crippen LogP contribution is -2.41. The van der Waals surface area contributed by atoms with Gasteiger partial charge in [-0.2, -0.15) is 0 Å². The standard InChI is InChI=1S/C26H43BO2.C20H31I/c1-9-14-23(20-27-28-25(5,6)26(7,8)29-27)22-17-13-16-21(19-22)15-11-10-12-18-24(2,3)4;1-5-10-19(16-21)18-13-9-12-17(15-18)11-7-6-8-14-20(2,3)4/h13,16-17,19-20H,9-12,14-15,18H2,1-8H3;9,12-13,15-16H,5-8,10-11,14H2,1-4H3/b23-20+;19-16+. The molecule has 0 bridgehead atoms. The molecule has 50 heavy (non-hydrogen) atoms. The maximum absolute atomic E-state index is 6.21. The molecule has 0 radical (unpaired) electrons. The summed E-state index contributed by atoms with van der Waals surface area (Å²) in [6, 6.07) is 18.2. The smallest absolute Gasteiger partial charge is 0.400 e.